The molecule has 1 aromatic heterocycles. The van der Waals surface area contributed by atoms with E-state index in [9.17, 15) is 30.6 Å². The van der Waals surface area contributed by atoms with Crippen molar-refractivity contribution in [1.82, 2.24) is 0 Å². The van der Waals surface area contributed by atoms with E-state index >= 15 is 0 Å². The number of allylic oxidation sites excluding steroid dienone is 4. The standard InChI is InChI=1S/C42H29BO7/c1-21(11-2-3-12-22-13-10-19-28-23-14-8-9-20-29(23)50-42(22)28)30-24-15-4-6-17-26(24)31(27-18-7-5-16-25(27)30)32-33-34(35(43)39(47)36(32)44)38(46)41(49)40(48)37(33)45/h2-20,44-49H,1,43H2/b11-2-,12-3+. The Morgan fingerprint density at radius 2 is 1.10 bits per heavy atom. The number of para-hydroxylation sites is 2. The molecule has 0 atom stereocenters. The van der Waals surface area contributed by atoms with Crippen LogP contribution in [0.4, 0.5) is 0 Å². The largest absolute Gasteiger partial charge is 0.505 e. The first kappa shape index (κ1) is 30.5. The summed E-state index contributed by atoms with van der Waals surface area (Å²) in [5, 5.41) is 70.3. The van der Waals surface area contributed by atoms with Crippen LogP contribution in [0.5, 0.6) is 34.5 Å². The summed E-state index contributed by atoms with van der Waals surface area (Å²) in [4.78, 5) is 0. The van der Waals surface area contributed by atoms with E-state index in [1.807, 2.05) is 115 Å². The molecule has 242 valence electrons. The van der Waals surface area contributed by atoms with Crippen molar-refractivity contribution in [3.05, 3.63) is 127 Å². The zero-order chi connectivity index (χ0) is 34.8. The fourth-order valence-electron chi connectivity index (χ4n) is 7.14. The van der Waals surface area contributed by atoms with Crippen LogP contribution in [0.1, 0.15) is 11.1 Å². The monoisotopic (exact) mass is 656 g/mol. The second-order valence-corrected chi connectivity index (χ2v) is 12.2. The zero-order valence-corrected chi connectivity index (χ0v) is 26.8. The van der Waals surface area contributed by atoms with Gasteiger partial charge in [-0.05, 0) is 44.2 Å². The van der Waals surface area contributed by atoms with Crippen molar-refractivity contribution in [3.8, 4) is 45.6 Å². The van der Waals surface area contributed by atoms with Gasteiger partial charge in [0.1, 0.15) is 19.0 Å². The van der Waals surface area contributed by atoms with Crippen LogP contribution in [0.15, 0.2) is 120 Å². The van der Waals surface area contributed by atoms with Crippen molar-refractivity contribution >= 4 is 79.2 Å². The van der Waals surface area contributed by atoms with Crippen molar-refractivity contribution in [2.45, 2.75) is 0 Å². The molecule has 0 saturated carbocycles. The van der Waals surface area contributed by atoms with Crippen LogP contribution in [0.3, 0.4) is 0 Å². The highest BCUT2D eigenvalue weighted by Gasteiger charge is 2.29. The maximum atomic E-state index is 11.5. The van der Waals surface area contributed by atoms with E-state index < -0.39 is 34.5 Å². The van der Waals surface area contributed by atoms with Gasteiger partial charge in [-0.2, -0.15) is 0 Å². The number of hydrogen-bond donors (Lipinski definition) is 6. The Labute approximate surface area is 286 Å². The molecule has 7 aromatic carbocycles. The minimum Gasteiger partial charge on any atom is -0.505 e. The van der Waals surface area contributed by atoms with Crippen molar-refractivity contribution in [2.24, 2.45) is 0 Å². The Morgan fingerprint density at radius 3 is 1.76 bits per heavy atom. The Hall–Kier alpha value is -6.80. The Morgan fingerprint density at radius 1 is 0.540 bits per heavy atom. The van der Waals surface area contributed by atoms with Crippen LogP contribution in [0, 0.1) is 0 Å². The average molecular weight is 656 g/mol. The second kappa shape index (κ2) is 11.4. The molecule has 0 aliphatic heterocycles. The molecule has 0 bridgehead atoms. The van der Waals surface area contributed by atoms with Crippen LogP contribution in [-0.4, -0.2) is 38.5 Å². The van der Waals surface area contributed by atoms with Gasteiger partial charge in [0.2, 0.25) is 11.5 Å². The number of benzene rings is 7. The van der Waals surface area contributed by atoms with Gasteiger partial charge in [0.25, 0.3) is 0 Å². The Kier molecular flexibility index (Phi) is 6.98. The minimum absolute atomic E-state index is 0.0118. The lowest BCUT2D eigenvalue weighted by atomic mass is 9.80. The highest BCUT2D eigenvalue weighted by molar-refractivity contribution is 6.44. The molecule has 7 nitrogen and oxygen atoms in total. The molecular formula is C42H29BO7. The van der Waals surface area contributed by atoms with Crippen LogP contribution < -0.4 is 5.46 Å². The summed E-state index contributed by atoms with van der Waals surface area (Å²) in [5.41, 5.74) is 4.55. The van der Waals surface area contributed by atoms with E-state index in [4.69, 9.17) is 4.42 Å². The highest BCUT2D eigenvalue weighted by atomic mass is 16.3. The van der Waals surface area contributed by atoms with Gasteiger partial charge >= 0.3 is 0 Å². The molecule has 8 aromatic rings. The number of fused-ring (bicyclic) bond motifs is 6. The van der Waals surface area contributed by atoms with E-state index in [2.05, 4.69) is 6.58 Å². The van der Waals surface area contributed by atoms with E-state index in [1.165, 1.54) is 7.85 Å². The molecule has 0 aliphatic rings. The van der Waals surface area contributed by atoms with Crippen LogP contribution >= 0.6 is 0 Å². The third-order valence-corrected chi connectivity index (χ3v) is 9.46. The summed E-state index contributed by atoms with van der Waals surface area (Å²) < 4.78 is 6.17. The normalized spacial score (nSPS) is 12.1. The van der Waals surface area contributed by atoms with Crippen molar-refractivity contribution < 1.29 is 35.1 Å². The van der Waals surface area contributed by atoms with Gasteiger partial charge in [-0.1, -0.05) is 116 Å². The lowest BCUT2D eigenvalue weighted by molar-refractivity contribution is 0.350. The predicted molar refractivity (Wildman–Crippen MR) is 203 cm³/mol. The molecular weight excluding hydrogens is 627 g/mol. The first-order valence-corrected chi connectivity index (χ1v) is 15.9. The quantitative estimate of drug-likeness (QED) is 0.0360. The SMILES string of the molecule is Bc1c(O)c(O)c(-c2c3ccccc3c(C(=C)/C=C\C=C\c3cccc4c3oc3ccccc34)c3ccccc23)c2c(O)c(O)c(O)c(O)c12. The molecule has 50 heavy (non-hydrogen) atoms. The van der Waals surface area contributed by atoms with E-state index in [-0.39, 0.29) is 21.8 Å². The van der Waals surface area contributed by atoms with Crippen molar-refractivity contribution in [1.29, 1.82) is 0 Å². The Bertz CT molecular complexity index is 2740. The molecule has 0 fully saturated rings. The summed E-state index contributed by atoms with van der Waals surface area (Å²) in [6, 6.07) is 29.0. The number of aromatic hydroxyl groups is 6. The van der Waals surface area contributed by atoms with Gasteiger partial charge < -0.3 is 35.1 Å². The number of rotatable bonds is 5. The van der Waals surface area contributed by atoms with Gasteiger partial charge in [0.05, 0.1) is 0 Å². The maximum Gasteiger partial charge on any atom is 0.204 e. The van der Waals surface area contributed by atoms with Gasteiger partial charge in [-0.25, -0.2) is 0 Å². The highest BCUT2D eigenvalue weighted by Crippen LogP contribution is 2.56. The fourth-order valence-corrected chi connectivity index (χ4v) is 7.14. The molecule has 0 spiro atoms. The molecule has 0 amide bonds. The number of furan rings is 1. The molecule has 0 aliphatic carbocycles. The number of phenolic OH excluding ortho intramolecular Hbond substituents is 6. The lowest BCUT2D eigenvalue weighted by Gasteiger charge is -2.22. The molecule has 8 heteroatoms. The third-order valence-electron chi connectivity index (χ3n) is 9.46. The van der Waals surface area contributed by atoms with Crippen molar-refractivity contribution in [2.75, 3.05) is 0 Å². The molecule has 0 radical (unpaired) electrons. The summed E-state index contributed by atoms with van der Waals surface area (Å²) in [6.45, 7) is 4.43. The zero-order valence-electron chi connectivity index (χ0n) is 26.8. The van der Waals surface area contributed by atoms with E-state index in [0.717, 1.165) is 43.8 Å². The predicted octanol–water partition coefficient (Wildman–Crippen LogP) is 8.49. The molecule has 6 N–H and O–H groups in total. The van der Waals surface area contributed by atoms with Gasteiger partial charge in [-0.3, -0.25) is 0 Å². The summed E-state index contributed by atoms with van der Waals surface area (Å²) >= 11 is 0. The first-order chi connectivity index (χ1) is 24.2. The Balaban J connectivity index is 1.31. The summed E-state index contributed by atoms with van der Waals surface area (Å²) in [6.07, 6.45) is 7.75. The number of phenols is 6. The fraction of sp³-hybridized carbons (Fsp3) is 0. The first-order valence-electron chi connectivity index (χ1n) is 15.9. The van der Waals surface area contributed by atoms with Crippen molar-refractivity contribution in [3.63, 3.8) is 0 Å². The van der Waals surface area contributed by atoms with E-state index in [0.29, 0.717) is 21.9 Å². The molecule has 0 saturated heterocycles. The van der Waals surface area contributed by atoms with Gasteiger partial charge in [-0.15, -0.1) is 0 Å². The van der Waals surface area contributed by atoms with Crippen LogP contribution in [0.25, 0.3) is 77.0 Å². The minimum atomic E-state index is -0.950. The summed E-state index contributed by atoms with van der Waals surface area (Å²) in [5.74, 6) is -4.47. The second-order valence-electron chi connectivity index (χ2n) is 12.2. The van der Waals surface area contributed by atoms with Crippen LogP contribution in [-0.2, 0) is 0 Å². The van der Waals surface area contributed by atoms with Gasteiger partial charge in [0.15, 0.2) is 23.0 Å². The molecule has 8 rings (SSSR count). The number of hydrogen-bond acceptors (Lipinski definition) is 7. The van der Waals surface area contributed by atoms with Crippen LogP contribution in [0.2, 0.25) is 0 Å². The van der Waals surface area contributed by atoms with Gasteiger partial charge in [0, 0.05) is 38.2 Å². The molecule has 0 unspecified atom stereocenters. The van der Waals surface area contributed by atoms with E-state index in [1.54, 1.807) is 0 Å². The average Bonchev–Trinajstić information content (AvgIpc) is 3.52. The smallest absolute Gasteiger partial charge is 0.204 e. The molecule has 1 heterocycles. The summed E-state index contributed by atoms with van der Waals surface area (Å²) in [7, 11) is 1.43. The third kappa shape index (κ3) is 4.39. The topological polar surface area (TPSA) is 135 Å². The maximum absolute atomic E-state index is 11.5. The lowest BCUT2D eigenvalue weighted by Crippen LogP contribution is -2.07.